The Hall–Kier alpha value is -1.65. The largest absolute Gasteiger partial charge is 0.495 e. The Kier molecular flexibility index (Phi) is 4.33. The average molecular weight is 388 g/mol. The van der Waals surface area contributed by atoms with Crippen LogP contribution in [0.3, 0.4) is 0 Å². The van der Waals surface area contributed by atoms with Crippen molar-refractivity contribution in [2.45, 2.75) is 17.4 Å². The van der Waals surface area contributed by atoms with Crippen molar-refractivity contribution in [2.75, 3.05) is 37.6 Å². The van der Waals surface area contributed by atoms with Crippen LogP contribution in [0.1, 0.15) is 6.42 Å². The number of ether oxygens (including phenoxy) is 1. The Balaban J connectivity index is 2.11. The van der Waals surface area contributed by atoms with Crippen LogP contribution < -0.4 is 9.64 Å². The SMILES string of the molecule is COc1ccc(S(=O)(=O)N(C)C)cc1N1C(=O)C[C@@H]2CS(=O)(=O)C[C@H]21. The molecule has 2 heterocycles. The van der Waals surface area contributed by atoms with E-state index >= 15 is 0 Å². The molecule has 2 aliphatic rings. The van der Waals surface area contributed by atoms with Crippen LogP contribution in [0.5, 0.6) is 5.75 Å². The molecule has 10 heteroatoms. The summed E-state index contributed by atoms with van der Waals surface area (Å²) in [5, 5.41) is 0. The lowest BCUT2D eigenvalue weighted by atomic mass is 10.0. The summed E-state index contributed by atoms with van der Waals surface area (Å²) in [6.45, 7) is 0. The summed E-state index contributed by atoms with van der Waals surface area (Å²) < 4.78 is 55.0. The predicted octanol–water partition coefficient (Wildman–Crippen LogP) is 0.0954. The number of benzene rings is 1. The lowest BCUT2D eigenvalue weighted by Crippen LogP contribution is -2.36. The van der Waals surface area contributed by atoms with Crippen molar-refractivity contribution < 1.29 is 26.4 Å². The number of carbonyl (C=O) groups excluding carboxylic acids is 1. The number of sulfonamides is 1. The Bertz CT molecular complexity index is 923. The van der Waals surface area contributed by atoms with Gasteiger partial charge in [0, 0.05) is 26.4 Å². The first-order valence-electron chi connectivity index (χ1n) is 7.70. The van der Waals surface area contributed by atoms with Crippen LogP contribution in [0.15, 0.2) is 23.1 Å². The molecule has 138 valence electrons. The van der Waals surface area contributed by atoms with Crippen molar-refractivity contribution in [3.8, 4) is 5.75 Å². The van der Waals surface area contributed by atoms with E-state index in [4.69, 9.17) is 4.74 Å². The second kappa shape index (κ2) is 5.96. The van der Waals surface area contributed by atoms with Crippen molar-refractivity contribution in [3.05, 3.63) is 18.2 Å². The summed E-state index contributed by atoms with van der Waals surface area (Å²) in [7, 11) is -2.65. The van der Waals surface area contributed by atoms with E-state index < -0.39 is 25.9 Å². The van der Waals surface area contributed by atoms with Gasteiger partial charge < -0.3 is 9.64 Å². The number of rotatable bonds is 4. The summed E-state index contributed by atoms with van der Waals surface area (Å²) in [5.41, 5.74) is 0.292. The maximum atomic E-state index is 12.5. The molecular weight excluding hydrogens is 368 g/mol. The van der Waals surface area contributed by atoms with E-state index in [9.17, 15) is 21.6 Å². The minimum atomic E-state index is -3.69. The number of methoxy groups -OCH3 is 1. The van der Waals surface area contributed by atoms with Crippen LogP contribution >= 0.6 is 0 Å². The summed E-state index contributed by atoms with van der Waals surface area (Å²) >= 11 is 0. The van der Waals surface area contributed by atoms with E-state index in [1.165, 1.54) is 44.3 Å². The topological polar surface area (TPSA) is 101 Å². The zero-order valence-corrected chi connectivity index (χ0v) is 15.8. The fraction of sp³-hybridized carbons (Fsp3) is 0.533. The molecule has 1 aromatic rings. The number of nitrogens with zero attached hydrogens (tertiary/aromatic N) is 2. The van der Waals surface area contributed by atoms with Gasteiger partial charge in [0.05, 0.1) is 35.2 Å². The Labute approximate surface area is 147 Å². The van der Waals surface area contributed by atoms with Gasteiger partial charge in [-0.3, -0.25) is 4.79 Å². The van der Waals surface area contributed by atoms with Crippen LogP contribution in [0, 0.1) is 5.92 Å². The molecule has 1 amide bonds. The third-order valence-corrected chi connectivity index (χ3v) is 8.26. The number of sulfone groups is 1. The fourth-order valence-electron chi connectivity index (χ4n) is 3.43. The molecule has 0 aliphatic carbocycles. The highest BCUT2D eigenvalue weighted by Gasteiger charge is 2.50. The van der Waals surface area contributed by atoms with Gasteiger partial charge in [0.15, 0.2) is 9.84 Å². The van der Waals surface area contributed by atoms with E-state index in [1.807, 2.05) is 0 Å². The van der Waals surface area contributed by atoms with Crippen molar-refractivity contribution in [2.24, 2.45) is 5.92 Å². The molecule has 2 aliphatic heterocycles. The van der Waals surface area contributed by atoms with Crippen LogP contribution in [-0.4, -0.2) is 65.8 Å². The molecule has 1 aromatic carbocycles. The van der Waals surface area contributed by atoms with Crippen molar-refractivity contribution >= 4 is 31.5 Å². The van der Waals surface area contributed by atoms with Gasteiger partial charge in [-0.25, -0.2) is 21.1 Å². The first kappa shape index (κ1) is 18.2. The first-order chi connectivity index (χ1) is 11.6. The molecule has 2 fully saturated rings. The predicted molar refractivity (Wildman–Crippen MR) is 91.9 cm³/mol. The maximum absolute atomic E-state index is 12.5. The third kappa shape index (κ3) is 3.02. The van der Waals surface area contributed by atoms with E-state index in [1.54, 1.807) is 0 Å². The molecule has 8 nitrogen and oxygen atoms in total. The summed E-state index contributed by atoms with van der Waals surface area (Å²) in [6, 6.07) is 3.78. The molecule has 0 bridgehead atoms. The second-order valence-corrected chi connectivity index (χ2v) is 10.8. The molecule has 3 rings (SSSR count). The van der Waals surface area contributed by atoms with Gasteiger partial charge in [-0.1, -0.05) is 0 Å². The second-order valence-electron chi connectivity index (χ2n) is 6.49. The number of fused-ring (bicyclic) bond motifs is 1. The molecular formula is C15H20N2O6S2. The highest BCUT2D eigenvalue weighted by atomic mass is 32.2. The Morgan fingerprint density at radius 3 is 2.52 bits per heavy atom. The zero-order valence-electron chi connectivity index (χ0n) is 14.2. The van der Waals surface area contributed by atoms with Gasteiger partial charge in [0.25, 0.3) is 0 Å². The number of hydrogen-bond donors (Lipinski definition) is 0. The molecule has 0 saturated carbocycles. The van der Waals surface area contributed by atoms with Crippen molar-refractivity contribution in [1.29, 1.82) is 0 Å². The van der Waals surface area contributed by atoms with E-state index in [0.29, 0.717) is 11.4 Å². The average Bonchev–Trinajstić information content (AvgIpc) is 2.96. The van der Waals surface area contributed by atoms with Crippen LogP contribution in [0.2, 0.25) is 0 Å². The first-order valence-corrected chi connectivity index (χ1v) is 11.0. The van der Waals surface area contributed by atoms with Gasteiger partial charge in [-0.2, -0.15) is 0 Å². The van der Waals surface area contributed by atoms with Gasteiger partial charge in [0.1, 0.15) is 5.75 Å². The van der Waals surface area contributed by atoms with Gasteiger partial charge in [0.2, 0.25) is 15.9 Å². The lowest BCUT2D eigenvalue weighted by molar-refractivity contribution is -0.117. The number of carbonyl (C=O) groups is 1. The van der Waals surface area contributed by atoms with Crippen molar-refractivity contribution in [3.63, 3.8) is 0 Å². The van der Waals surface area contributed by atoms with Gasteiger partial charge in [-0.05, 0) is 18.2 Å². The van der Waals surface area contributed by atoms with Gasteiger partial charge in [-0.15, -0.1) is 0 Å². The molecule has 25 heavy (non-hydrogen) atoms. The number of hydrogen-bond acceptors (Lipinski definition) is 6. The van der Waals surface area contributed by atoms with Crippen LogP contribution in [0.25, 0.3) is 0 Å². The van der Waals surface area contributed by atoms with Crippen LogP contribution in [-0.2, 0) is 24.7 Å². The smallest absolute Gasteiger partial charge is 0.242 e. The number of anilines is 1. The monoisotopic (exact) mass is 388 g/mol. The molecule has 0 N–H and O–H groups in total. The Morgan fingerprint density at radius 2 is 1.92 bits per heavy atom. The molecule has 2 atom stereocenters. The normalized spacial score (nSPS) is 25.4. The number of amides is 1. The molecule has 0 aromatic heterocycles. The van der Waals surface area contributed by atoms with Gasteiger partial charge >= 0.3 is 0 Å². The van der Waals surface area contributed by atoms with E-state index in [2.05, 4.69) is 0 Å². The van der Waals surface area contributed by atoms with Crippen LogP contribution in [0.4, 0.5) is 5.69 Å². The highest BCUT2D eigenvalue weighted by Crippen LogP contribution is 2.41. The minimum absolute atomic E-state index is 0.0160. The standard InChI is InChI=1S/C15H20N2O6S2/c1-16(2)25(21,22)11-4-5-14(23-3)12(7-11)17-13-9-24(19,20)8-10(13)6-15(17)18/h4-5,7,10,13H,6,8-9H2,1-3H3/t10-,13-/m1/s1. The zero-order chi connectivity index (χ0) is 18.6. The maximum Gasteiger partial charge on any atom is 0.242 e. The molecule has 0 spiro atoms. The summed E-state index contributed by atoms with van der Waals surface area (Å²) in [6.07, 6.45) is 0.137. The highest BCUT2D eigenvalue weighted by molar-refractivity contribution is 7.91. The quantitative estimate of drug-likeness (QED) is 0.725. The minimum Gasteiger partial charge on any atom is -0.495 e. The Morgan fingerprint density at radius 1 is 1.24 bits per heavy atom. The van der Waals surface area contributed by atoms with E-state index in [-0.39, 0.29) is 34.6 Å². The molecule has 0 unspecified atom stereocenters. The molecule has 2 saturated heterocycles. The fourth-order valence-corrected chi connectivity index (χ4v) is 6.42. The van der Waals surface area contributed by atoms with E-state index in [0.717, 1.165) is 4.31 Å². The lowest BCUT2D eigenvalue weighted by Gasteiger charge is -2.26. The third-order valence-electron chi connectivity index (χ3n) is 4.66. The van der Waals surface area contributed by atoms with Crippen molar-refractivity contribution in [1.82, 2.24) is 4.31 Å². The summed E-state index contributed by atoms with van der Waals surface area (Å²) in [4.78, 5) is 13.9. The molecule has 0 radical (unpaired) electrons. The summed E-state index contributed by atoms with van der Waals surface area (Å²) in [5.74, 6) is -0.287.